The zero-order chi connectivity index (χ0) is 23.8. The Labute approximate surface area is 195 Å². The molecule has 0 aliphatic carbocycles. The van der Waals surface area contributed by atoms with Crippen LogP contribution in [0.25, 0.3) is 32.8 Å². The summed E-state index contributed by atoms with van der Waals surface area (Å²) in [6, 6.07) is 9.62. The number of H-pyrrole nitrogens is 1. The van der Waals surface area contributed by atoms with E-state index in [4.69, 9.17) is 13.6 Å². The highest BCUT2D eigenvalue weighted by Gasteiger charge is 2.15. The molecule has 2 N–H and O–H groups in total. The molecule has 0 radical (unpaired) electrons. The van der Waals surface area contributed by atoms with Gasteiger partial charge in [-0.15, -0.1) is 0 Å². The Morgan fingerprint density at radius 3 is 2.74 bits per heavy atom. The smallest absolute Gasteiger partial charge is 0.339 e. The molecule has 7 heteroatoms. The number of aromatic nitrogens is 1. The molecule has 0 bridgehead atoms. The van der Waals surface area contributed by atoms with E-state index in [1.54, 1.807) is 19.4 Å². The summed E-state index contributed by atoms with van der Waals surface area (Å²) < 4.78 is 16.4. The van der Waals surface area contributed by atoms with Gasteiger partial charge in [0.05, 0.1) is 13.4 Å². The Morgan fingerprint density at radius 2 is 1.91 bits per heavy atom. The molecule has 0 unspecified atom stereocenters. The lowest BCUT2D eigenvalue weighted by molar-refractivity contribution is -0.121. The number of ether oxygens (including phenoxy) is 1. The third-order valence-electron chi connectivity index (χ3n) is 6.47. The fourth-order valence-corrected chi connectivity index (χ4v) is 4.48. The molecule has 0 saturated carbocycles. The number of benzene rings is 2. The molecule has 0 aliphatic heterocycles. The van der Waals surface area contributed by atoms with Gasteiger partial charge < -0.3 is 23.9 Å². The van der Waals surface area contributed by atoms with E-state index in [2.05, 4.69) is 10.3 Å². The number of fused-ring (bicyclic) bond motifs is 3. The van der Waals surface area contributed by atoms with Gasteiger partial charge in [0.25, 0.3) is 0 Å². The molecule has 2 aromatic carbocycles. The summed E-state index contributed by atoms with van der Waals surface area (Å²) in [6.45, 7) is 4.38. The largest absolute Gasteiger partial charge is 0.497 e. The molecule has 0 spiro atoms. The lowest BCUT2D eigenvalue weighted by atomic mass is 10.0. The van der Waals surface area contributed by atoms with E-state index in [0.717, 1.165) is 44.1 Å². The van der Waals surface area contributed by atoms with Crippen LogP contribution >= 0.6 is 0 Å². The van der Waals surface area contributed by atoms with Gasteiger partial charge in [-0.3, -0.25) is 4.79 Å². The number of hydrogen-bond acceptors (Lipinski definition) is 5. The molecule has 174 valence electrons. The number of methoxy groups -OCH3 is 1. The van der Waals surface area contributed by atoms with Gasteiger partial charge in [-0.25, -0.2) is 4.79 Å². The zero-order valence-corrected chi connectivity index (χ0v) is 19.4. The fraction of sp³-hybridized carbons (Fsp3) is 0.259. The molecule has 34 heavy (non-hydrogen) atoms. The van der Waals surface area contributed by atoms with Gasteiger partial charge in [0.15, 0.2) is 0 Å². The molecule has 0 fully saturated rings. The van der Waals surface area contributed by atoms with Crippen molar-refractivity contribution in [2.24, 2.45) is 0 Å². The summed E-state index contributed by atoms with van der Waals surface area (Å²) in [4.78, 5) is 28.4. The average molecular weight is 459 g/mol. The van der Waals surface area contributed by atoms with E-state index in [0.29, 0.717) is 36.1 Å². The Hall–Kier alpha value is -4.00. The highest BCUT2D eigenvalue weighted by atomic mass is 16.5. The molecule has 3 heterocycles. The maximum absolute atomic E-state index is 12.6. The lowest BCUT2D eigenvalue weighted by Crippen LogP contribution is -2.26. The molecule has 5 rings (SSSR count). The van der Waals surface area contributed by atoms with Gasteiger partial charge >= 0.3 is 5.63 Å². The standard InChI is InChI=1S/C27H26N2O5/c1-15-14-33-24-12-25-21(11-20(15)24)16(2)19(27(31)34-25)5-7-26(30)28-9-8-17-13-29-23-6-4-18(32-3)10-22(17)23/h4,6,10-14,29H,5,7-9H2,1-3H3,(H,28,30). The minimum Gasteiger partial charge on any atom is -0.497 e. The molecular formula is C27H26N2O5. The predicted molar refractivity (Wildman–Crippen MR) is 132 cm³/mol. The third kappa shape index (κ3) is 3.94. The van der Waals surface area contributed by atoms with E-state index in [-0.39, 0.29) is 12.3 Å². The van der Waals surface area contributed by atoms with Crippen LogP contribution in [0.2, 0.25) is 0 Å². The Morgan fingerprint density at radius 1 is 1.06 bits per heavy atom. The Balaban J connectivity index is 1.25. The highest BCUT2D eigenvalue weighted by Crippen LogP contribution is 2.29. The minimum absolute atomic E-state index is 0.0996. The summed E-state index contributed by atoms with van der Waals surface area (Å²) in [6.07, 6.45) is 4.87. The summed E-state index contributed by atoms with van der Waals surface area (Å²) in [5.74, 6) is 0.697. The first-order chi connectivity index (χ1) is 16.4. The number of carbonyl (C=O) groups excluding carboxylic acids is 1. The molecule has 5 aromatic rings. The van der Waals surface area contributed by atoms with Gasteiger partial charge in [0.1, 0.15) is 16.9 Å². The molecule has 7 nitrogen and oxygen atoms in total. The molecule has 1 amide bonds. The second-order valence-electron chi connectivity index (χ2n) is 8.58. The van der Waals surface area contributed by atoms with Crippen LogP contribution in [-0.4, -0.2) is 24.5 Å². The second-order valence-corrected chi connectivity index (χ2v) is 8.58. The van der Waals surface area contributed by atoms with Crippen LogP contribution in [0.1, 0.15) is 28.7 Å². The minimum atomic E-state index is -0.409. The number of aromatic amines is 1. The van der Waals surface area contributed by atoms with Crippen molar-refractivity contribution >= 4 is 38.7 Å². The monoisotopic (exact) mass is 458 g/mol. The van der Waals surface area contributed by atoms with Gasteiger partial charge in [-0.05, 0) is 67.6 Å². The van der Waals surface area contributed by atoms with E-state index >= 15 is 0 Å². The van der Waals surface area contributed by atoms with Crippen molar-refractivity contribution in [1.82, 2.24) is 10.3 Å². The maximum Gasteiger partial charge on any atom is 0.339 e. The summed E-state index contributed by atoms with van der Waals surface area (Å²) in [7, 11) is 1.64. The number of aryl methyl sites for hydroxylation is 2. The van der Waals surface area contributed by atoms with Crippen LogP contribution < -0.4 is 15.7 Å². The maximum atomic E-state index is 12.6. The lowest BCUT2D eigenvalue weighted by Gasteiger charge is -2.09. The van der Waals surface area contributed by atoms with Gasteiger partial charge in [0.2, 0.25) is 5.91 Å². The zero-order valence-electron chi connectivity index (χ0n) is 19.4. The van der Waals surface area contributed by atoms with E-state index in [1.165, 1.54) is 0 Å². The van der Waals surface area contributed by atoms with Crippen molar-refractivity contribution in [2.75, 3.05) is 13.7 Å². The first kappa shape index (κ1) is 21.8. The highest BCUT2D eigenvalue weighted by molar-refractivity contribution is 5.96. The molecule has 0 atom stereocenters. The van der Waals surface area contributed by atoms with Crippen molar-refractivity contribution in [1.29, 1.82) is 0 Å². The first-order valence-electron chi connectivity index (χ1n) is 11.3. The predicted octanol–water partition coefficient (Wildman–Crippen LogP) is 4.94. The van der Waals surface area contributed by atoms with Crippen molar-refractivity contribution in [3.63, 3.8) is 0 Å². The van der Waals surface area contributed by atoms with Gasteiger partial charge in [-0.1, -0.05) is 0 Å². The van der Waals surface area contributed by atoms with Crippen LogP contribution in [0.3, 0.4) is 0 Å². The number of rotatable bonds is 7. The normalized spacial score (nSPS) is 11.5. The molecular weight excluding hydrogens is 432 g/mol. The SMILES string of the molecule is COc1ccc2[nH]cc(CCNC(=O)CCc3c(C)c4cc5c(C)coc5cc4oc3=O)c2c1. The Bertz CT molecular complexity index is 1590. The third-order valence-corrected chi connectivity index (χ3v) is 6.47. The van der Waals surface area contributed by atoms with Crippen LogP contribution in [-0.2, 0) is 17.6 Å². The van der Waals surface area contributed by atoms with Crippen molar-refractivity contribution in [3.05, 3.63) is 75.5 Å². The summed E-state index contributed by atoms with van der Waals surface area (Å²) >= 11 is 0. The number of carbonyl (C=O) groups is 1. The first-order valence-corrected chi connectivity index (χ1v) is 11.3. The van der Waals surface area contributed by atoms with Crippen molar-refractivity contribution < 1.29 is 18.4 Å². The number of amides is 1. The average Bonchev–Trinajstić information content (AvgIpc) is 3.40. The van der Waals surface area contributed by atoms with Crippen LogP contribution in [0.4, 0.5) is 0 Å². The number of furan rings is 1. The molecule has 0 aliphatic rings. The quantitative estimate of drug-likeness (QED) is 0.337. The number of hydrogen-bond donors (Lipinski definition) is 2. The van der Waals surface area contributed by atoms with Crippen LogP contribution in [0.15, 0.2) is 56.4 Å². The van der Waals surface area contributed by atoms with Crippen molar-refractivity contribution in [3.8, 4) is 5.75 Å². The summed E-state index contributed by atoms with van der Waals surface area (Å²) in [5.41, 5.74) is 5.32. The van der Waals surface area contributed by atoms with E-state index in [9.17, 15) is 9.59 Å². The van der Waals surface area contributed by atoms with Crippen molar-refractivity contribution in [2.45, 2.75) is 33.1 Å². The van der Waals surface area contributed by atoms with Crippen LogP contribution in [0.5, 0.6) is 5.75 Å². The van der Waals surface area contributed by atoms with Gasteiger partial charge in [-0.2, -0.15) is 0 Å². The molecule has 3 aromatic heterocycles. The summed E-state index contributed by atoms with van der Waals surface area (Å²) in [5, 5.41) is 5.89. The topological polar surface area (TPSA) is 97.5 Å². The van der Waals surface area contributed by atoms with Crippen LogP contribution in [0, 0.1) is 13.8 Å². The Kier molecular flexibility index (Phi) is 5.61. The molecule has 0 saturated heterocycles. The second kappa shape index (κ2) is 8.74. The number of nitrogens with one attached hydrogen (secondary N) is 2. The van der Waals surface area contributed by atoms with E-state index < -0.39 is 5.63 Å². The van der Waals surface area contributed by atoms with E-state index in [1.807, 2.05) is 44.3 Å². The fourth-order valence-electron chi connectivity index (χ4n) is 4.48. The van der Waals surface area contributed by atoms with Gasteiger partial charge in [0, 0.05) is 52.5 Å².